The minimum Gasteiger partial charge on any atom is -0.482 e. The summed E-state index contributed by atoms with van der Waals surface area (Å²) in [6, 6.07) is 11.1. The standard InChI is InChI=1S/C22H25ClN2O3/c1-13(2)16-6-5-7-17(14(3)4)22(16)24-20(26)11-25-18-10-15(23)8-9-19(18)28-12-21(25)27/h5-10,13-14H,11-12H2,1-4H3,(H,24,26). The number of carbonyl (C=O) groups is 2. The highest BCUT2D eigenvalue weighted by Gasteiger charge is 2.28. The number of ether oxygens (including phenoxy) is 1. The van der Waals surface area contributed by atoms with Crippen LogP contribution in [0.25, 0.3) is 0 Å². The van der Waals surface area contributed by atoms with E-state index in [9.17, 15) is 9.59 Å². The molecule has 0 bridgehead atoms. The number of nitrogens with one attached hydrogen (secondary N) is 1. The smallest absolute Gasteiger partial charge is 0.265 e. The lowest BCUT2D eigenvalue weighted by molar-refractivity contribution is -0.123. The first kappa shape index (κ1) is 20.2. The Labute approximate surface area is 170 Å². The second-order valence-electron chi connectivity index (χ2n) is 7.55. The molecule has 0 saturated heterocycles. The number of amides is 2. The number of anilines is 2. The van der Waals surface area contributed by atoms with Gasteiger partial charge in [0.25, 0.3) is 5.91 Å². The average Bonchev–Trinajstić information content (AvgIpc) is 2.64. The predicted octanol–water partition coefficient (Wildman–Crippen LogP) is 4.95. The van der Waals surface area contributed by atoms with Gasteiger partial charge in [-0.2, -0.15) is 0 Å². The van der Waals surface area contributed by atoms with E-state index in [1.165, 1.54) is 4.90 Å². The highest BCUT2D eigenvalue weighted by Crippen LogP contribution is 2.35. The van der Waals surface area contributed by atoms with E-state index in [2.05, 4.69) is 33.0 Å². The van der Waals surface area contributed by atoms with Crippen LogP contribution in [0.3, 0.4) is 0 Å². The summed E-state index contributed by atoms with van der Waals surface area (Å²) in [5, 5.41) is 3.53. The lowest BCUT2D eigenvalue weighted by Gasteiger charge is -2.29. The SMILES string of the molecule is CC(C)c1cccc(C(C)C)c1NC(=O)CN1C(=O)COc2ccc(Cl)cc21. The fourth-order valence-corrected chi connectivity index (χ4v) is 3.53. The monoisotopic (exact) mass is 400 g/mol. The average molecular weight is 401 g/mol. The molecule has 2 amide bonds. The molecule has 1 aliphatic heterocycles. The maximum Gasteiger partial charge on any atom is 0.265 e. The Balaban J connectivity index is 1.88. The molecule has 1 aliphatic rings. The molecular formula is C22H25ClN2O3. The molecule has 1 N–H and O–H groups in total. The lowest BCUT2D eigenvalue weighted by Crippen LogP contribution is -2.43. The van der Waals surface area contributed by atoms with Crippen LogP contribution in [-0.4, -0.2) is 25.0 Å². The number of benzene rings is 2. The van der Waals surface area contributed by atoms with Crippen molar-refractivity contribution in [3.63, 3.8) is 0 Å². The Morgan fingerprint density at radius 1 is 1.14 bits per heavy atom. The number of carbonyl (C=O) groups excluding carboxylic acids is 2. The quantitative estimate of drug-likeness (QED) is 0.772. The molecule has 1 heterocycles. The highest BCUT2D eigenvalue weighted by molar-refractivity contribution is 6.31. The van der Waals surface area contributed by atoms with E-state index in [0.29, 0.717) is 16.5 Å². The van der Waals surface area contributed by atoms with Crippen LogP contribution in [0.4, 0.5) is 11.4 Å². The zero-order valence-corrected chi connectivity index (χ0v) is 17.3. The van der Waals surface area contributed by atoms with Gasteiger partial charge in [0.2, 0.25) is 5.91 Å². The van der Waals surface area contributed by atoms with Crippen molar-refractivity contribution in [3.05, 3.63) is 52.5 Å². The number of nitrogens with zero attached hydrogens (tertiary/aromatic N) is 1. The van der Waals surface area contributed by atoms with Crippen molar-refractivity contribution < 1.29 is 14.3 Å². The molecule has 3 rings (SSSR count). The van der Waals surface area contributed by atoms with Crippen LogP contribution in [0.1, 0.15) is 50.7 Å². The number of halogens is 1. The third-order valence-corrected chi connectivity index (χ3v) is 5.04. The number of hydrogen-bond donors (Lipinski definition) is 1. The van der Waals surface area contributed by atoms with Crippen LogP contribution < -0.4 is 15.0 Å². The maximum absolute atomic E-state index is 12.9. The Kier molecular flexibility index (Phi) is 5.94. The van der Waals surface area contributed by atoms with E-state index in [-0.39, 0.29) is 36.8 Å². The van der Waals surface area contributed by atoms with Crippen LogP contribution in [0, 0.1) is 0 Å². The first-order valence-corrected chi connectivity index (χ1v) is 9.81. The van der Waals surface area contributed by atoms with Gasteiger partial charge in [0, 0.05) is 10.7 Å². The Bertz CT molecular complexity index is 882. The number of hydrogen-bond acceptors (Lipinski definition) is 3. The van der Waals surface area contributed by atoms with Gasteiger partial charge in [-0.1, -0.05) is 57.5 Å². The summed E-state index contributed by atoms with van der Waals surface area (Å²) in [4.78, 5) is 26.7. The van der Waals surface area contributed by atoms with Crippen molar-refractivity contribution in [1.29, 1.82) is 0 Å². The Morgan fingerprint density at radius 3 is 2.39 bits per heavy atom. The van der Waals surface area contributed by atoms with Crippen molar-refractivity contribution in [2.45, 2.75) is 39.5 Å². The summed E-state index contributed by atoms with van der Waals surface area (Å²) in [5.41, 5.74) is 3.51. The lowest BCUT2D eigenvalue weighted by atomic mass is 9.92. The predicted molar refractivity (Wildman–Crippen MR) is 113 cm³/mol. The highest BCUT2D eigenvalue weighted by atomic mass is 35.5. The van der Waals surface area contributed by atoms with Crippen LogP contribution in [0.5, 0.6) is 5.75 Å². The van der Waals surface area contributed by atoms with Gasteiger partial charge < -0.3 is 10.1 Å². The Hall–Kier alpha value is -2.53. The molecule has 5 nitrogen and oxygen atoms in total. The van der Waals surface area contributed by atoms with Crippen LogP contribution in [-0.2, 0) is 9.59 Å². The van der Waals surface area contributed by atoms with E-state index >= 15 is 0 Å². The van der Waals surface area contributed by atoms with Crippen molar-refractivity contribution >= 4 is 34.8 Å². The van der Waals surface area contributed by atoms with Gasteiger partial charge in [0.1, 0.15) is 12.3 Å². The van der Waals surface area contributed by atoms with Crippen LogP contribution in [0.2, 0.25) is 5.02 Å². The first-order valence-electron chi connectivity index (χ1n) is 9.43. The van der Waals surface area contributed by atoms with Gasteiger partial charge in [-0.05, 0) is 41.2 Å². The van der Waals surface area contributed by atoms with E-state index in [1.807, 2.05) is 18.2 Å². The van der Waals surface area contributed by atoms with Crippen molar-refractivity contribution in [1.82, 2.24) is 0 Å². The fourth-order valence-electron chi connectivity index (χ4n) is 3.37. The van der Waals surface area contributed by atoms with Gasteiger partial charge in [-0.15, -0.1) is 0 Å². The summed E-state index contributed by atoms with van der Waals surface area (Å²) in [5.74, 6) is 0.543. The minimum atomic E-state index is -0.272. The molecule has 148 valence electrons. The zero-order chi connectivity index (χ0) is 20.4. The molecule has 28 heavy (non-hydrogen) atoms. The molecule has 6 heteroatoms. The van der Waals surface area contributed by atoms with Crippen LogP contribution >= 0.6 is 11.6 Å². The molecule has 2 aromatic rings. The summed E-state index contributed by atoms with van der Waals surface area (Å²) < 4.78 is 5.44. The van der Waals surface area contributed by atoms with Crippen molar-refractivity contribution in [3.8, 4) is 5.75 Å². The summed E-state index contributed by atoms with van der Waals surface area (Å²) in [6.07, 6.45) is 0. The van der Waals surface area contributed by atoms with E-state index in [0.717, 1.165) is 16.8 Å². The van der Waals surface area contributed by atoms with Gasteiger partial charge in [0.15, 0.2) is 6.61 Å². The topological polar surface area (TPSA) is 58.6 Å². The number of fused-ring (bicyclic) bond motifs is 1. The third kappa shape index (κ3) is 4.14. The van der Waals surface area contributed by atoms with Gasteiger partial charge >= 0.3 is 0 Å². The molecular weight excluding hydrogens is 376 g/mol. The maximum atomic E-state index is 12.9. The number of para-hydroxylation sites is 1. The molecule has 0 unspecified atom stereocenters. The second-order valence-corrected chi connectivity index (χ2v) is 7.99. The fraction of sp³-hybridized carbons (Fsp3) is 0.364. The van der Waals surface area contributed by atoms with Gasteiger partial charge in [-0.25, -0.2) is 0 Å². The molecule has 0 aliphatic carbocycles. The van der Waals surface area contributed by atoms with Gasteiger partial charge in [-0.3, -0.25) is 14.5 Å². The minimum absolute atomic E-state index is 0.0955. The second kappa shape index (κ2) is 8.23. The molecule has 0 radical (unpaired) electrons. The third-order valence-electron chi connectivity index (χ3n) is 4.80. The molecule has 0 aromatic heterocycles. The summed E-state index contributed by atoms with van der Waals surface area (Å²) in [6.45, 7) is 8.19. The summed E-state index contributed by atoms with van der Waals surface area (Å²) in [7, 11) is 0. The largest absolute Gasteiger partial charge is 0.482 e. The van der Waals surface area contributed by atoms with Crippen LogP contribution in [0.15, 0.2) is 36.4 Å². The van der Waals surface area contributed by atoms with Crippen molar-refractivity contribution in [2.24, 2.45) is 0 Å². The molecule has 0 fully saturated rings. The van der Waals surface area contributed by atoms with Gasteiger partial charge in [0.05, 0.1) is 5.69 Å². The number of rotatable bonds is 5. The molecule has 0 spiro atoms. The zero-order valence-electron chi connectivity index (χ0n) is 16.6. The summed E-state index contributed by atoms with van der Waals surface area (Å²) >= 11 is 6.07. The van der Waals surface area contributed by atoms with E-state index < -0.39 is 0 Å². The van der Waals surface area contributed by atoms with E-state index in [4.69, 9.17) is 16.3 Å². The molecule has 0 saturated carbocycles. The molecule has 2 aromatic carbocycles. The molecule has 0 atom stereocenters. The first-order chi connectivity index (χ1) is 13.3. The Morgan fingerprint density at radius 2 is 1.79 bits per heavy atom. The van der Waals surface area contributed by atoms with Crippen molar-refractivity contribution in [2.75, 3.05) is 23.4 Å². The van der Waals surface area contributed by atoms with E-state index in [1.54, 1.807) is 18.2 Å². The normalized spacial score (nSPS) is 13.5.